The van der Waals surface area contributed by atoms with Gasteiger partial charge in [0, 0.05) is 11.6 Å². The molecule has 1 aromatic carbocycles. The van der Waals surface area contributed by atoms with E-state index in [0.717, 1.165) is 29.2 Å². The topological polar surface area (TPSA) is 58.2 Å². The third-order valence-corrected chi connectivity index (χ3v) is 5.38. The lowest BCUT2D eigenvalue weighted by Gasteiger charge is -2.20. The quantitative estimate of drug-likeness (QED) is 0.898. The third kappa shape index (κ3) is 3.01. The Bertz CT molecular complexity index is 597. The highest BCUT2D eigenvalue weighted by molar-refractivity contribution is 5.95. The molecule has 22 heavy (non-hydrogen) atoms. The van der Waals surface area contributed by atoms with Gasteiger partial charge in [-0.15, -0.1) is 0 Å². The van der Waals surface area contributed by atoms with Crippen LogP contribution in [0, 0.1) is 31.6 Å². The van der Waals surface area contributed by atoms with Gasteiger partial charge in [0.05, 0.1) is 6.54 Å². The number of fused-ring (bicyclic) bond motifs is 2. The average Bonchev–Trinajstić information content (AvgIpc) is 3.12. The maximum Gasteiger partial charge on any atom is 0.243 e. The van der Waals surface area contributed by atoms with Crippen LogP contribution in [0.2, 0.25) is 0 Å². The molecule has 2 fully saturated rings. The largest absolute Gasteiger partial charge is 0.347 e. The highest BCUT2D eigenvalue weighted by atomic mass is 16.2. The normalized spacial score (nSPS) is 26.0. The first-order valence-electron chi connectivity index (χ1n) is 8.18. The van der Waals surface area contributed by atoms with Gasteiger partial charge < -0.3 is 10.6 Å². The lowest BCUT2D eigenvalue weighted by molar-refractivity contribution is -0.128. The second-order valence-corrected chi connectivity index (χ2v) is 6.79. The molecule has 3 atom stereocenters. The predicted molar refractivity (Wildman–Crippen MR) is 86.5 cm³/mol. The Kier molecular flexibility index (Phi) is 4.19. The molecule has 1 aromatic rings. The predicted octanol–water partition coefficient (Wildman–Crippen LogP) is 2.79. The van der Waals surface area contributed by atoms with Crippen molar-refractivity contribution in [3.63, 3.8) is 0 Å². The molecule has 118 valence electrons. The van der Waals surface area contributed by atoms with E-state index < -0.39 is 0 Å². The summed E-state index contributed by atoms with van der Waals surface area (Å²) in [7, 11) is 0. The molecule has 0 unspecified atom stereocenters. The summed E-state index contributed by atoms with van der Waals surface area (Å²) >= 11 is 0. The van der Waals surface area contributed by atoms with E-state index in [-0.39, 0.29) is 24.3 Å². The maximum atomic E-state index is 12.2. The van der Waals surface area contributed by atoms with Crippen molar-refractivity contribution in [3.05, 3.63) is 29.3 Å². The van der Waals surface area contributed by atoms with E-state index in [1.807, 2.05) is 32.0 Å². The van der Waals surface area contributed by atoms with E-state index in [1.54, 1.807) is 0 Å². The van der Waals surface area contributed by atoms with Crippen molar-refractivity contribution in [1.29, 1.82) is 0 Å². The van der Waals surface area contributed by atoms with Gasteiger partial charge in [-0.05, 0) is 62.1 Å². The zero-order valence-electron chi connectivity index (χ0n) is 13.3. The Balaban J connectivity index is 1.50. The van der Waals surface area contributed by atoms with Gasteiger partial charge in [-0.3, -0.25) is 9.59 Å². The first-order chi connectivity index (χ1) is 10.5. The molecule has 3 rings (SSSR count). The second kappa shape index (κ2) is 6.11. The number of amides is 2. The van der Waals surface area contributed by atoms with Crippen LogP contribution in [-0.2, 0) is 9.59 Å². The number of carbonyl (C=O) groups is 2. The van der Waals surface area contributed by atoms with Gasteiger partial charge >= 0.3 is 0 Å². The van der Waals surface area contributed by atoms with Gasteiger partial charge in [0.25, 0.3) is 0 Å². The second-order valence-electron chi connectivity index (χ2n) is 6.79. The number of anilines is 1. The average molecular weight is 300 g/mol. The molecule has 0 saturated heterocycles. The van der Waals surface area contributed by atoms with Crippen molar-refractivity contribution in [2.75, 3.05) is 11.9 Å². The van der Waals surface area contributed by atoms with Gasteiger partial charge in [-0.1, -0.05) is 18.6 Å². The highest BCUT2D eigenvalue weighted by Crippen LogP contribution is 2.48. The lowest BCUT2D eigenvalue weighted by atomic mass is 9.88. The lowest BCUT2D eigenvalue weighted by Crippen LogP contribution is -2.38. The Hall–Kier alpha value is -1.84. The van der Waals surface area contributed by atoms with Crippen molar-refractivity contribution in [3.8, 4) is 0 Å². The van der Waals surface area contributed by atoms with Crippen molar-refractivity contribution in [1.82, 2.24) is 5.32 Å². The van der Waals surface area contributed by atoms with Crippen LogP contribution in [0.4, 0.5) is 5.69 Å². The number of hydrogen-bond acceptors (Lipinski definition) is 2. The van der Waals surface area contributed by atoms with E-state index in [4.69, 9.17) is 0 Å². The van der Waals surface area contributed by atoms with Crippen LogP contribution in [-0.4, -0.2) is 18.4 Å². The maximum absolute atomic E-state index is 12.2. The van der Waals surface area contributed by atoms with Crippen molar-refractivity contribution < 1.29 is 9.59 Å². The fraction of sp³-hybridized carbons (Fsp3) is 0.556. The summed E-state index contributed by atoms with van der Waals surface area (Å²) in [6.45, 7) is 4.06. The van der Waals surface area contributed by atoms with Crippen molar-refractivity contribution >= 4 is 17.5 Å². The highest BCUT2D eigenvalue weighted by Gasteiger charge is 2.42. The smallest absolute Gasteiger partial charge is 0.243 e. The molecular weight excluding hydrogens is 276 g/mol. The van der Waals surface area contributed by atoms with Crippen LogP contribution in [0.1, 0.15) is 36.8 Å². The zero-order chi connectivity index (χ0) is 15.7. The first kappa shape index (κ1) is 15.1. The molecule has 2 aliphatic rings. The summed E-state index contributed by atoms with van der Waals surface area (Å²) < 4.78 is 0. The summed E-state index contributed by atoms with van der Waals surface area (Å²) in [4.78, 5) is 24.3. The number of nitrogens with one attached hydrogen (secondary N) is 2. The summed E-state index contributed by atoms with van der Waals surface area (Å²) in [5.41, 5.74) is 3.03. The fourth-order valence-corrected chi connectivity index (χ4v) is 3.95. The Morgan fingerprint density at radius 3 is 2.68 bits per heavy atom. The Morgan fingerprint density at radius 1 is 1.18 bits per heavy atom. The van der Waals surface area contributed by atoms with Gasteiger partial charge in [-0.25, -0.2) is 0 Å². The third-order valence-electron chi connectivity index (χ3n) is 5.38. The van der Waals surface area contributed by atoms with Crippen LogP contribution in [0.5, 0.6) is 0 Å². The molecule has 0 radical (unpaired) electrons. The van der Waals surface area contributed by atoms with E-state index >= 15 is 0 Å². The number of rotatable bonds is 4. The van der Waals surface area contributed by atoms with Crippen LogP contribution < -0.4 is 10.6 Å². The van der Waals surface area contributed by atoms with Gasteiger partial charge in [0.15, 0.2) is 0 Å². The van der Waals surface area contributed by atoms with Gasteiger partial charge in [0.1, 0.15) is 0 Å². The number of aryl methyl sites for hydroxylation is 1. The van der Waals surface area contributed by atoms with E-state index in [1.165, 1.54) is 19.3 Å². The molecule has 0 heterocycles. The first-order valence-corrected chi connectivity index (χ1v) is 8.18. The number of carbonyl (C=O) groups excluding carboxylic acids is 2. The van der Waals surface area contributed by atoms with E-state index in [0.29, 0.717) is 5.92 Å². The minimum absolute atomic E-state index is 0.0557. The summed E-state index contributed by atoms with van der Waals surface area (Å²) in [5.74, 6) is 1.32. The number of hydrogen-bond donors (Lipinski definition) is 2. The van der Waals surface area contributed by atoms with E-state index in [2.05, 4.69) is 10.6 Å². The van der Waals surface area contributed by atoms with Crippen molar-refractivity contribution in [2.45, 2.75) is 39.5 Å². The zero-order valence-corrected chi connectivity index (χ0v) is 13.3. The molecule has 2 saturated carbocycles. The fourth-order valence-electron chi connectivity index (χ4n) is 3.95. The summed E-state index contributed by atoms with van der Waals surface area (Å²) in [5, 5.41) is 5.69. The van der Waals surface area contributed by atoms with Gasteiger partial charge in [-0.2, -0.15) is 0 Å². The molecule has 0 aromatic heterocycles. The van der Waals surface area contributed by atoms with Gasteiger partial charge in [0.2, 0.25) is 11.8 Å². The summed E-state index contributed by atoms with van der Waals surface area (Å²) in [6.07, 6.45) is 4.67. The molecule has 0 aliphatic heterocycles. The SMILES string of the molecule is Cc1cccc(NC(=O)CNC(=O)[C@H]2C[C@H]3CC[C@H]2C3)c1C. The molecule has 2 N–H and O–H groups in total. The van der Waals surface area contributed by atoms with E-state index in [9.17, 15) is 9.59 Å². The summed E-state index contributed by atoms with van der Waals surface area (Å²) in [6, 6.07) is 5.83. The molecular formula is C18H24N2O2. The Morgan fingerprint density at radius 2 is 2.00 bits per heavy atom. The van der Waals surface area contributed by atoms with Crippen LogP contribution in [0.15, 0.2) is 18.2 Å². The van der Waals surface area contributed by atoms with Crippen LogP contribution in [0.3, 0.4) is 0 Å². The molecule has 4 nitrogen and oxygen atoms in total. The number of benzene rings is 1. The molecule has 0 spiro atoms. The van der Waals surface area contributed by atoms with Crippen LogP contribution >= 0.6 is 0 Å². The molecule has 2 bridgehead atoms. The Labute approximate surface area is 131 Å². The molecule has 2 aliphatic carbocycles. The van der Waals surface area contributed by atoms with Crippen LogP contribution in [0.25, 0.3) is 0 Å². The molecule has 2 amide bonds. The van der Waals surface area contributed by atoms with Crippen molar-refractivity contribution in [2.24, 2.45) is 17.8 Å². The minimum Gasteiger partial charge on any atom is -0.347 e. The minimum atomic E-state index is -0.162. The standard InChI is InChI=1S/C18H24N2O2/c1-11-4-3-5-16(12(11)2)20-17(21)10-19-18(22)15-9-13-6-7-14(15)8-13/h3-5,13-15H,6-10H2,1-2H3,(H,19,22)(H,20,21)/t13-,14-,15-/m0/s1. The monoisotopic (exact) mass is 300 g/mol. The molecule has 4 heteroatoms.